The van der Waals surface area contributed by atoms with E-state index in [9.17, 15) is 0 Å². The third-order valence-corrected chi connectivity index (χ3v) is 4.25. The number of nitrogens with zero attached hydrogens (tertiary/aromatic N) is 3. The minimum atomic E-state index is 0.323. The fourth-order valence-corrected chi connectivity index (χ4v) is 2.82. The van der Waals surface area contributed by atoms with E-state index in [0.717, 1.165) is 30.3 Å². The molecule has 2 aromatic rings. The summed E-state index contributed by atoms with van der Waals surface area (Å²) in [6.45, 7) is 5.44. The van der Waals surface area contributed by atoms with Crippen LogP contribution in [-0.4, -0.2) is 40.8 Å². The van der Waals surface area contributed by atoms with Gasteiger partial charge in [0.1, 0.15) is 11.9 Å². The molecule has 0 atom stereocenters. The molecule has 2 fully saturated rings. The van der Waals surface area contributed by atoms with Crippen LogP contribution in [0.2, 0.25) is 0 Å². The van der Waals surface area contributed by atoms with E-state index in [0.29, 0.717) is 17.8 Å². The maximum atomic E-state index is 5.97. The molecule has 0 N–H and O–H groups in total. The lowest BCUT2D eigenvalue weighted by atomic mass is 10.1. The Morgan fingerprint density at radius 1 is 1.23 bits per heavy atom. The van der Waals surface area contributed by atoms with Crippen molar-refractivity contribution in [2.75, 3.05) is 19.6 Å². The Morgan fingerprint density at radius 2 is 2.00 bits per heavy atom. The third-order valence-electron chi connectivity index (χ3n) is 4.25. The van der Waals surface area contributed by atoms with Crippen LogP contribution < -0.4 is 4.74 Å². The molecule has 5 nitrogen and oxygen atoms in total. The summed E-state index contributed by atoms with van der Waals surface area (Å²) in [7, 11) is 0. The van der Waals surface area contributed by atoms with Crippen molar-refractivity contribution in [2.45, 2.75) is 38.2 Å². The molecule has 1 aromatic heterocycles. The van der Waals surface area contributed by atoms with Crippen molar-refractivity contribution in [3.63, 3.8) is 0 Å². The Morgan fingerprint density at radius 3 is 2.68 bits per heavy atom. The van der Waals surface area contributed by atoms with Gasteiger partial charge >= 0.3 is 0 Å². The quantitative estimate of drug-likeness (QED) is 0.820. The standard InChI is InChI=1S/C17H21N3O2/c1-2-9-20-10-15(11-20)21-14-7-5-12(6-8-14)16-18-17(22-19-16)13-3-4-13/h5-8,13,15H,2-4,9-11H2,1H3. The molecule has 1 saturated heterocycles. The van der Waals surface area contributed by atoms with Crippen LogP contribution in [-0.2, 0) is 0 Å². The molecule has 0 radical (unpaired) electrons. The summed E-state index contributed by atoms with van der Waals surface area (Å²) >= 11 is 0. The monoisotopic (exact) mass is 299 g/mol. The molecule has 1 aliphatic carbocycles. The molecule has 1 aliphatic heterocycles. The van der Waals surface area contributed by atoms with Crippen molar-refractivity contribution >= 4 is 0 Å². The fraction of sp³-hybridized carbons (Fsp3) is 0.529. The maximum Gasteiger partial charge on any atom is 0.230 e. The van der Waals surface area contributed by atoms with Gasteiger partial charge in [0, 0.05) is 24.6 Å². The molecule has 0 spiro atoms. The molecule has 0 bridgehead atoms. The predicted octanol–water partition coefficient (Wildman–Crippen LogP) is 3.09. The number of ether oxygens (including phenoxy) is 1. The van der Waals surface area contributed by atoms with E-state index in [1.165, 1.54) is 25.8 Å². The minimum Gasteiger partial charge on any atom is -0.488 e. The highest BCUT2D eigenvalue weighted by atomic mass is 16.5. The van der Waals surface area contributed by atoms with Crippen molar-refractivity contribution in [2.24, 2.45) is 0 Å². The van der Waals surface area contributed by atoms with Crippen LogP contribution in [0, 0.1) is 0 Å². The van der Waals surface area contributed by atoms with Gasteiger partial charge in [0.05, 0.1) is 0 Å². The summed E-state index contributed by atoms with van der Waals surface area (Å²) in [5.41, 5.74) is 0.976. The van der Waals surface area contributed by atoms with E-state index < -0.39 is 0 Å². The van der Waals surface area contributed by atoms with E-state index in [1.54, 1.807) is 0 Å². The lowest BCUT2D eigenvalue weighted by Gasteiger charge is -2.38. The van der Waals surface area contributed by atoms with Gasteiger partial charge in [-0.25, -0.2) is 0 Å². The van der Waals surface area contributed by atoms with E-state index >= 15 is 0 Å². The second-order valence-electron chi connectivity index (χ2n) is 6.25. The van der Waals surface area contributed by atoms with Gasteiger partial charge in [-0.2, -0.15) is 4.98 Å². The summed E-state index contributed by atoms with van der Waals surface area (Å²) in [5.74, 6) is 2.86. The lowest BCUT2D eigenvalue weighted by molar-refractivity contribution is 0.0203. The van der Waals surface area contributed by atoms with Crippen LogP contribution in [0.15, 0.2) is 28.8 Å². The van der Waals surface area contributed by atoms with Crippen LogP contribution in [0.3, 0.4) is 0 Å². The number of hydrogen-bond acceptors (Lipinski definition) is 5. The zero-order chi connectivity index (χ0) is 14.9. The topological polar surface area (TPSA) is 51.4 Å². The van der Waals surface area contributed by atoms with Crippen LogP contribution in [0.5, 0.6) is 5.75 Å². The van der Waals surface area contributed by atoms with Crippen LogP contribution in [0.4, 0.5) is 0 Å². The molecule has 0 unspecified atom stereocenters. The smallest absolute Gasteiger partial charge is 0.230 e. The first-order valence-electron chi connectivity index (χ1n) is 8.15. The second kappa shape index (κ2) is 5.72. The molecule has 2 aliphatic rings. The Balaban J connectivity index is 1.36. The Kier molecular flexibility index (Phi) is 3.58. The first kappa shape index (κ1) is 13.8. The van der Waals surface area contributed by atoms with Gasteiger partial charge in [-0.3, -0.25) is 4.90 Å². The zero-order valence-electron chi connectivity index (χ0n) is 12.9. The largest absolute Gasteiger partial charge is 0.488 e. The van der Waals surface area contributed by atoms with Gasteiger partial charge in [-0.05, 0) is 50.1 Å². The van der Waals surface area contributed by atoms with Gasteiger partial charge in [0.15, 0.2) is 0 Å². The predicted molar refractivity (Wildman–Crippen MR) is 82.9 cm³/mol. The molecule has 22 heavy (non-hydrogen) atoms. The number of likely N-dealkylation sites (tertiary alicyclic amines) is 1. The highest BCUT2D eigenvalue weighted by molar-refractivity contribution is 5.55. The highest BCUT2D eigenvalue weighted by Crippen LogP contribution is 2.39. The number of rotatable bonds is 6. The number of aromatic nitrogens is 2. The Bertz CT molecular complexity index is 628. The fourth-order valence-electron chi connectivity index (χ4n) is 2.82. The molecule has 1 saturated carbocycles. The molecule has 116 valence electrons. The molecular weight excluding hydrogens is 278 g/mol. The number of benzene rings is 1. The minimum absolute atomic E-state index is 0.323. The van der Waals surface area contributed by atoms with E-state index in [1.807, 2.05) is 24.3 Å². The maximum absolute atomic E-state index is 5.97. The van der Waals surface area contributed by atoms with Crippen molar-refractivity contribution < 1.29 is 9.26 Å². The van der Waals surface area contributed by atoms with Crippen LogP contribution in [0.25, 0.3) is 11.4 Å². The molecule has 4 rings (SSSR count). The summed E-state index contributed by atoms with van der Waals surface area (Å²) < 4.78 is 11.3. The van der Waals surface area contributed by atoms with E-state index in [-0.39, 0.29) is 0 Å². The summed E-state index contributed by atoms with van der Waals surface area (Å²) in [6, 6.07) is 7.98. The molecular formula is C17H21N3O2. The van der Waals surface area contributed by atoms with Gasteiger partial charge < -0.3 is 9.26 Å². The molecule has 1 aromatic carbocycles. The van der Waals surface area contributed by atoms with Gasteiger partial charge in [-0.15, -0.1) is 0 Å². The van der Waals surface area contributed by atoms with Crippen LogP contribution in [0.1, 0.15) is 38.0 Å². The zero-order valence-corrected chi connectivity index (χ0v) is 12.9. The first-order chi connectivity index (χ1) is 10.8. The van der Waals surface area contributed by atoms with Crippen molar-refractivity contribution in [1.82, 2.24) is 15.0 Å². The van der Waals surface area contributed by atoms with Gasteiger partial charge in [0.25, 0.3) is 0 Å². The summed E-state index contributed by atoms with van der Waals surface area (Å²) in [6.07, 6.45) is 3.87. The van der Waals surface area contributed by atoms with E-state index in [2.05, 4.69) is 22.0 Å². The lowest BCUT2D eigenvalue weighted by Crippen LogP contribution is -2.53. The average molecular weight is 299 g/mol. The number of hydrogen-bond donors (Lipinski definition) is 0. The Labute approximate surface area is 130 Å². The van der Waals surface area contributed by atoms with Crippen molar-refractivity contribution in [1.29, 1.82) is 0 Å². The van der Waals surface area contributed by atoms with Gasteiger partial charge in [0.2, 0.25) is 11.7 Å². The van der Waals surface area contributed by atoms with Crippen molar-refractivity contribution in [3.8, 4) is 17.1 Å². The first-order valence-corrected chi connectivity index (χ1v) is 8.15. The van der Waals surface area contributed by atoms with E-state index in [4.69, 9.17) is 9.26 Å². The molecule has 0 amide bonds. The summed E-state index contributed by atoms with van der Waals surface area (Å²) in [5, 5.41) is 4.06. The van der Waals surface area contributed by atoms with Crippen LogP contribution >= 0.6 is 0 Å². The highest BCUT2D eigenvalue weighted by Gasteiger charge is 2.30. The normalized spacial score (nSPS) is 19.1. The Hall–Kier alpha value is -1.88. The molecule has 2 heterocycles. The third kappa shape index (κ3) is 2.86. The van der Waals surface area contributed by atoms with Crippen molar-refractivity contribution in [3.05, 3.63) is 30.2 Å². The molecule has 5 heteroatoms. The summed E-state index contributed by atoms with van der Waals surface area (Å²) in [4.78, 5) is 6.88. The SMILES string of the molecule is CCCN1CC(Oc2ccc(-c3noc(C4CC4)n3)cc2)C1. The van der Waals surface area contributed by atoms with Gasteiger partial charge in [-0.1, -0.05) is 12.1 Å². The average Bonchev–Trinajstić information content (AvgIpc) is 3.24. The second-order valence-corrected chi connectivity index (χ2v) is 6.25.